The van der Waals surface area contributed by atoms with Gasteiger partial charge in [-0.15, -0.1) is 0 Å². The van der Waals surface area contributed by atoms with Gasteiger partial charge in [0.1, 0.15) is 6.29 Å². The van der Waals surface area contributed by atoms with Crippen molar-refractivity contribution in [2.75, 3.05) is 21.3 Å². The van der Waals surface area contributed by atoms with Gasteiger partial charge in [0.05, 0.1) is 7.11 Å². The third kappa shape index (κ3) is 4.22. The number of hydrogen-bond donors (Lipinski definition) is 0. The van der Waals surface area contributed by atoms with E-state index in [0.717, 1.165) is 5.56 Å². The maximum absolute atomic E-state index is 10.3. The Kier molecular flexibility index (Phi) is 6.49. The zero-order valence-corrected chi connectivity index (χ0v) is 11.8. The van der Waals surface area contributed by atoms with Gasteiger partial charge < -0.3 is 18.9 Å². The Labute approximate surface area is 118 Å². The van der Waals surface area contributed by atoms with Gasteiger partial charge in [-0.25, -0.2) is 0 Å². The van der Waals surface area contributed by atoms with Gasteiger partial charge in [0, 0.05) is 14.2 Å². The van der Waals surface area contributed by atoms with Crippen molar-refractivity contribution in [3.8, 4) is 11.5 Å². The summed E-state index contributed by atoms with van der Waals surface area (Å²) in [5.41, 5.74) is 0.821. The molecule has 5 heteroatoms. The molecular weight excluding hydrogens is 260 g/mol. The number of ether oxygens (including phenoxy) is 4. The molecule has 0 aliphatic rings. The summed E-state index contributed by atoms with van der Waals surface area (Å²) < 4.78 is 20.9. The summed E-state index contributed by atoms with van der Waals surface area (Å²) in [5, 5.41) is 0. The average Bonchev–Trinajstić information content (AvgIpc) is 2.47. The van der Waals surface area contributed by atoms with Crippen LogP contribution in [-0.2, 0) is 14.3 Å². The SMILES string of the molecule is C=C(Oc1ccc(/C=C/C=O)cc1OC)C(OC)OC. The molecule has 0 aromatic heterocycles. The summed E-state index contributed by atoms with van der Waals surface area (Å²) >= 11 is 0. The number of benzene rings is 1. The molecule has 0 spiro atoms. The van der Waals surface area contributed by atoms with Gasteiger partial charge in [0.25, 0.3) is 0 Å². The van der Waals surface area contributed by atoms with Crippen LogP contribution in [0, 0.1) is 0 Å². The van der Waals surface area contributed by atoms with Crippen molar-refractivity contribution in [1.29, 1.82) is 0 Å². The lowest BCUT2D eigenvalue weighted by atomic mass is 10.2. The van der Waals surface area contributed by atoms with Crippen molar-refractivity contribution in [1.82, 2.24) is 0 Å². The number of carbonyl (C=O) groups excluding carboxylic acids is 1. The molecule has 0 aliphatic carbocycles. The van der Waals surface area contributed by atoms with E-state index in [1.807, 2.05) is 0 Å². The average molecular weight is 278 g/mol. The van der Waals surface area contributed by atoms with Crippen LogP contribution in [0.5, 0.6) is 11.5 Å². The summed E-state index contributed by atoms with van der Waals surface area (Å²) in [4.78, 5) is 10.3. The predicted octanol–water partition coefficient (Wildman–Crippen LogP) is 2.42. The van der Waals surface area contributed by atoms with E-state index >= 15 is 0 Å². The van der Waals surface area contributed by atoms with Crippen LogP contribution in [0.15, 0.2) is 36.6 Å². The molecule has 0 fully saturated rings. The van der Waals surface area contributed by atoms with Crippen molar-refractivity contribution in [3.05, 3.63) is 42.2 Å². The van der Waals surface area contributed by atoms with E-state index in [1.54, 1.807) is 24.3 Å². The first kappa shape index (κ1) is 15.9. The molecular formula is C15H18O5. The highest BCUT2D eigenvalue weighted by atomic mass is 16.7. The topological polar surface area (TPSA) is 54.0 Å². The molecule has 0 atom stereocenters. The van der Waals surface area contributed by atoms with E-state index in [0.29, 0.717) is 23.5 Å². The Morgan fingerprint density at radius 2 is 1.90 bits per heavy atom. The highest BCUT2D eigenvalue weighted by Crippen LogP contribution is 2.30. The molecule has 1 rings (SSSR count). The fraction of sp³-hybridized carbons (Fsp3) is 0.267. The smallest absolute Gasteiger partial charge is 0.216 e. The van der Waals surface area contributed by atoms with Crippen LogP contribution in [0.2, 0.25) is 0 Å². The lowest BCUT2D eigenvalue weighted by Crippen LogP contribution is -2.19. The Balaban J connectivity index is 2.92. The molecule has 0 radical (unpaired) electrons. The first-order chi connectivity index (χ1) is 9.65. The normalized spacial score (nSPS) is 10.8. The molecule has 0 heterocycles. The molecule has 0 unspecified atom stereocenters. The zero-order chi connectivity index (χ0) is 15.0. The van der Waals surface area contributed by atoms with Crippen molar-refractivity contribution in [2.45, 2.75) is 6.29 Å². The number of carbonyl (C=O) groups is 1. The monoisotopic (exact) mass is 278 g/mol. The van der Waals surface area contributed by atoms with Crippen LogP contribution in [0.3, 0.4) is 0 Å². The van der Waals surface area contributed by atoms with Crippen molar-refractivity contribution >= 4 is 12.4 Å². The third-order valence-corrected chi connectivity index (χ3v) is 2.49. The van der Waals surface area contributed by atoms with E-state index in [1.165, 1.54) is 27.4 Å². The number of methoxy groups -OCH3 is 3. The minimum absolute atomic E-state index is 0.310. The van der Waals surface area contributed by atoms with Gasteiger partial charge in [-0.3, -0.25) is 4.79 Å². The second-order valence-corrected chi connectivity index (χ2v) is 3.78. The quantitative estimate of drug-likeness (QED) is 0.316. The summed E-state index contributed by atoms with van der Waals surface area (Å²) in [6.45, 7) is 3.75. The highest BCUT2D eigenvalue weighted by molar-refractivity contribution is 5.74. The molecule has 0 aliphatic heterocycles. The van der Waals surface area contributed by atoms with Crippen molar-refractivity contribution in [2.24, 2.45) is 0 Å². The Morgan fingerprint density at radius 3 is 2.45 bits per heavy atom. The molecule has 0 N–H and O–H groups in total. The lowest BCUT2D eigenvalue weighted by molar-refractivity contribution is -0.104. The predicted molar refractivity (Wildman–Crippen MR) is 75.7 cm³/mol. The number of hydrogen-bond acceptors (Lipinski definition) is 5. The van der Waals surface area contributed by atoms with Gasteiger partial charge in [0.2, 0.25) is 6.29 Å². The third-order valence-electron chi connectivity index (χ3n) is 2.49. The summed E-state index contributed by atoms with van der Waals surface area (Å²) in [5.74, 6) is 1.31. The van der Waals surface area contributed by atoms with E-state index in [-0.39, 0.29) is 0 Å². The number of allylic oxidation sites excluding steroid dienone is 1. The summed E-state index contributed by atoms with van der Waals surface area (Å²) in [7, 11) is 4.52. The Bertz CT molecular complexity index is 489. The molecule has 1 aromatic carbocycles. The zero-order valence-electron chi connectivity index (χ0n) is 11.8. The van der Waals surface area contributed by atoms with Crippen LogP contribution in [0.1, 0.15) is 5.56 Å². The number of rotatable bonds is 8. The maximum Gasteiger partial charge on any atom is 0.216 e. The molecule has 0 saturated heterocycles. The Hall–Kier alpha value is -2.11. The standard InChI is InChI=1S/C15H18O5/c1-11(15(18-3)19-4)20-13-8-7-12(6-5-9-16)10-14(13)17-2/h5-10,15H,1H2,2-4H3/b6-5+. The fourth-order valence-corrected chi connectivity index (χ4v) is 1.57. The molecule has 108 valence electrons. The van der Waals surface area contributed by atoms with Crippen LogP contribution in [-0.4, -0.2) is 33.9 Å². The molecule has 1 aromatic rings. The minimum atomic E-state index is -0.658. The second kappa shape index (κ2) is 8.14. The van der Waals surface area contributed by atoms with E-state index in [9.17, 15) is 4.79 Å². The second-order valence-electron chi connectivity index (χ2n) is 3.78. The van der Waals surface area contributed by atoms with Crippen molar-refractivity contribution < 1.29 is 23.7 Å². The number of aldehydes is 1. The first-order valence-corrected chi connectivity index (χ1v) is 5.88. The largest absolute Gasteiger partial charge is 0.493 e. The maximum atomic E-state index is 10.3. The summed E-state index contributed by atoms with van der Waals surface area (Å²) in [6.07, 6.45) is 3.12. The van der Waals surface area contributed by atoms with Gasteiger partial charge in [0.15, 0.2) is 17.3 Å². The lowest BCUT2D eigenvalue weighted by Gasteiger charge is -2.18. The van der Waals surface area contributed by atoms with Crippen LogP contribution < -0.4 is 9.47 Å². The highest BCUT2D eigenvalue weighted by Gasteiger charge is 2.15. The molecule has 20 heavy (non-hydrogen) atoms. The Morgan fingerprint density at radius 1 is 1.20 bits per heavy atom. The fourth-order valence-electron chi connectivity index (χ4n) is 1.57. The molecule has 5 nitrogen and oxygen atoms in total. The van der Waals surface area contributed by atoms with Gasteiger partial charge in [-0.05, 0) is 23.8 Å². The van der Waals surface area contributed by atoms with Crippen molar-refractivity contribution in [3.63, 3.8) is 0 Å². The van der Waals surface area contributed by atoms with Crippen LogP contribution in [0.25, 0.3) is 6.08 Å². The van der Waals surface area contributed by atoms with E-state index < -0.39 is 6.29 Å². The molecule has 0 amide bonds. The van der Waals surface area contributed by atoms with Gasteiger partial charge in [-0.2, -0.15) is 0 Å². The molecule has 0 bridgehead atoms. The van der Waals surface area contributed by atoms with Crippen LogP contribution >= 0.6 is 0 Å². The van der Waals surface area contributed by atoms with Gasteiger partial charge >= 0.3 is 0 Å². The first-order valence-electron chi connectivity index (χ1n) is 5.88. The molecule has 0 saturated carbocycles. The van der Waals surface area contributed by atoms with Gasteiger partial charge in [-0.1, -0.05) is 18.7 Å². The van der Waals surface area contributed by atoms with Crippen LogP contribution in [0.4, 0.5) is 0 Å². The van der Waals surface area contributed by atoms with E-state index in [4.69, 9.17) is 18.9 Å². The van der Waals surface area contributed by atoms with E-state index in [2.05, 4.69) is 6.58 Å². The minimum Gasteiger partial charge on any atom is -0.493 e. The summed E-state index contributed by atoms with van der Waals surface area (Å²) in [6, 6.07) is 5.26.